The van der Waals surface area contributed by atoms with Crippen molar-refractivity contribution >= 4 is 5.82 Å². The van der Waals surface area contributed by atoms with Crippen LogP contribution in [-0.2, 0) is 6.54 Å². The highest BCUT2D eigenvalue weighted by Gasteiger charge is 2.12. The molecule has 2 heterocycles. The molecule has 2 rings (SSSR count). The molecule has 0 saturated heterocycles. The summed E-state index contributed by atoms with van der Waals surface area (Å²) in [5.74, 6) is 3.26. The van der Waals surface area contributed by atoms with Crippen LogP contribution in [0.5, 0.6) is 0 Å². The van der Waals surface area contributed by atoms with Gasteiger partial charge in [0.2, 0.25) is 5.89 Å². The minimum absolute atomic E-state index is 0.305. The predicted octanol–water partition coefficient (Wildman–Crippen LogP) is 2.24. The predicted molar refractivity (Wildman–Crippen MR) is 72.0 cm³/mol. The average Bonchev–Trinajstić information content (AvgIpc) is 2.73. The van der Waals surface area contributed by atoms with E-state index in [0.29, 0.717) is 24.2 Å². The van der Waals surface area contributed by atoms with E-state index in [2.05, 4.69) is 34.0 Å². The fourth-order valence-electron chi connectivity index (χ4n) is 1.73. The van der Waals surface area contributed by atoms with Crippen molar-refractivity contribution in [3.05, 3.63) is 29.3 Å². The summed E-state index contributed by atoms with van der Waals surface area (Å²) in [7, 11) is 1.96. The van der Waals surface area contributed by atoms with E-state index < -0.39 is 0 Å². The van der Waals surface area contributed by atoms with Crippen LogP contribution in [0.15, 0.2) is 10.6 Å². The Bertz CT molecular complexity index is 564. The van der Waals surface area contributed by atoms with Crippen LogP contribution in [0.1, 0.15) is 43.0 Å². The molecule has 0 atom stereocenters. The van der Waals surface area contributed by atoms with Crippen molar-refractivity contribution in [3.63, 3.8) is 0 Å². The fraction of sp³-hybridized carbons (Fsp3) is 0.538. The molecule has 0 aliphatic heterocycles. The van der Waals surface area contributed by atoms with Crippen molar-refractivity contribution < 1.29 is 4.52 Å². The molecule has 0 unspecified atom stereocenters. The largest absolute Gasteiger partial charge is 0.352 e. The molecule has 2 aromatic heterocycles. The minimum Gasteiger partial charge on any atom is -0.352 e. The zero-order chi connectivity index (χ0) is 14.0. The van der Waals surface area contributed by atoms with Gasteiger partial charge >= 0.3 is 0 Å². The van der Waals surface area contributed by atoms with Gasteiger partial charge < -0.3 is 9.42 Å². The molecule has 0 saturated carbocycles. The van der Waals surface area contributed by atoms with E-state index in [1.807, 2.05) is 24.9 Å². The molecule has 102 valence electrons. The highest BCUT2D eigenvalue weighted by atomic mass is 16.5. The first kappa shape index (κ1) is 13.5. The Morgan fingerprint density at radius 3 is 2.53 bits per heavy atom. The van der Waals surface area contributed by atoms with Crippen LogP contribution in [0.4, 0.5) is 5.82 Å². The number of nitrogens with zero attached hydrogens (tertiary/aromatic N) is 5. The lowest BCUT2D eigenvalue weighted by Crippen LogP contribution is -2.20. The highest BCUT2D eigenvalue weighted by molar-refractivity contribution is 5.39. The van der Waals surface area contributed by atoms with Crippen molar-refractivity contribution in [2.75, 3.05) is 11.9 Å². The van der Waals surface area contributed by atoms with Gasteiger partial charge in [0, 0.05) is 31.6 Å². The molecule has 0 aliphatic carbocycles. The second-order valence-electron chi connectivity index (χ2n) is 4.97. The van der Waals surface area contributed by atoms with Gasteiger partial charge in [0.25, 0.3) is 0 Å². The maximum Gasteiger partial charge on any atom is 0.223 e. The highest BCUT2D eigenvalue weighted by Crippen LogP contribution is 2.17. The Balaban J connectivity index is 2.20. The molecule has 0 amide bonds. The van der Waals surface area contributed by atoms with Gasteiger partial charge in [-0.3, -0.25) is 0 Å². The normalized spacial score (nSPS) is 11.1. The lowest BCUT2D eigenvalue weighted by atomic mass is 10.2. The van der Waals surface area contributed by atoms with Gasteiger partial charge in [-0.2, -0.15) is 4.98 Å². The summed E-state index contributed by atoms with van der Waals surface area (Å²) in [6.45, 7) is 8.49. The van der Waals surface area contributed by atoms with E-state index >= 15 is 0 Å². The first-order valence-electron chi connectivity index (χ1n) is 6.31. The molecule has 2 aromatic rings. The quantitative estimate of drug-likeness (QED) is 0.840. The SMILES string of the molecule is Cc1cc(N(C)Cc2noc(C)n2)nc(C(C)C)n1. The first-order chi connectivity index (χ1) is 8.95. The van der Waals surface area contributed by atoms with E-state index in [9.17, 15) is 0 Å². The molecule has 0 bridgehead atoms. The minimum atomic E-state index is 0.305. The van der Waals surface area contributed by atoms with Crippen LogP contribution >= 0.6 is 0 Å². The zero-order valence-corrected chi connectivity index (χ0v) is 12.0. The van der Waals surface area contributed by atoms with Crippen LogP contribution in [0.3, 0.4) is 0 Å². The maximum atomic E-state index is 4.97. The van der Waals surface area contributed by atoms with Gasteiger partial charge in [-0.1, -0.05) is 19.0 Å². The van der Waals surface area contributed by atoms with E-state index in [1.54, 1.807) is 6.92 Å². The Hall–Kier alpha value is -1.98. The molecule has 19 heavy (non-hydrogen) atoms. The summed E-state index contributed by atoms with van der Waals surface area (Å²) < 4.78 is 4.97. The van der Waals surface area contributed by atoms with Crippen molar-refractivity contribution in [3.8, 4) is 0 Å². The Kier molecular flexibility index (Phi) is 3.78. The lowest BCUT2D eigenvalue weighted by molar-refractivity contribution is 0.387. The van der Waals surface area contributed by atoms with Gasteiger partial charge in [-0.05, 0) is 6.92 Å². The Labute approximate surface area is 112 Å². The molecule has 0 spiro atoms. The molecule has 0 radical (unpaired) electrons. The second-order valence-corrected chi connectivity index (χ2v) is 4.97. The number of hydrogen-bond donors (Lipinski definition) is 0. The third-order valence-corrected chi connectivity index (χ3v) is 2.71. The summed E-state index contributed by atoms with van der Waals surface area (Å²) in [6.07, 6.45) is 0. The van der Waals surface area contributed by atoms with E-state index in [0.717, 1.165) is 17.3 Å². The van der Waals surface area contributed by atoms with Gasteiger partial charge in [-0.15, -0.1) is 0 Å². The van der Waals surface area contributed by atoms with Crippen LogP contribution < -0.4 is 4.90 Å². The zero-order valence-electron chi connectivity index (χ0n) is 12.0. The monoisotopic (exact) mass is 261 g/mol. The maximum absolute atomic E-state index is 4.97. The molecule has 0 N–H and O–H groups in total. The van der Waals surface area contributed by atoms with Crippen LogP contribution in [-0.4, -0.2) is 27.2 Å². The second kappa shape index (κ2) is 5.34. The van der Waals surface area contributed by atoms with E-state index in [-0.39, 0.29) is 0 Å². The molecule has 0 fully saturated rings. The van der Waals surface area contributed by atoms with Crippen molar-refractivity contribution in [1.29, 1.82) is 0 Å². The third kappa shape index (κ3) is 3.27. The number of aryl methyl sites for hydroxylation is 2. The van der Waals surface area contributed by atoms with Crippen molar-refractivity contribution in [2.45, 2.75) is 40.2 Å². The van der Waals surface area contributed by atoms with E-state index in [1.165, 1.54) is 0 Å². The van der Waals surface area contributed by atoms with Gasteiger partial charge in [0.1, 0.15) is 11.6 Å². The van der Waals surface area contributed by atoms with Gasteiger partial charge in [0.15, 0.2) is 5.82 Å². The third-order valence-electron chi connectivity index (χ3n) is 2.71. The molecule has 0 aliphatic rings. The number of anilines is 1. The summed E-state index contributed by atoms with van der Waals surface area (Å²) in [4.78, 5) is 15.2. The van der Waals surface area contributed by atoms with Crippen LogP contribution in [0.2, 0.25) is 0 Å². The summed E-state index contributed by atoms with van der Waals surface area (Å²) in [5, 5.41) is 3.89. The fourth-order valence-corrected chi connectivity index (χ4v) is 1.73. The topological polar surface area (TPSA) is 67.9 Å². The van der Waals surface area contributed by atoms with Gasteiger partial charge in [0.05, 0.1) is 6.54 Å². The Morgan fingerprint density at radius 1 is 1.21 bits per heavy atom. The molecule has 6 nitrogen and oxygen atoms in total. The average molecular weight is 261 g/mol. The van der Waals surface area contributed by atoms with Crippen LogP contribution in [0, 0.1) is 13.8 Å². The summed E-state index contributed by atoms with van der Waals surface area (Å²) in [6, 6.07) is 1.96. The molecular weight excluding hydrogens is 242 g/mol. The number of rotatable bonds is 4. The number of aromatic nitrogens is 4. The first-order valence-corrected chi connectivity index (χ1v) is 6.31. The Morgan fingerprint density at radius 2 is 1.95 bits per heavy atom. The van der Waals surface area contributed by atoms with E-state index in [4.69, 9.17) is 4.52 Å². The number of hydrogen-bond acceptors (Lipinski definition) is 6. The molecule has 6 heteroatoms. The smallest absolute Gasteiger partial charge is 0.223 e. The van der Waals surface area contributed by atoms with Crippen molar-refractivity contribution in [1.82, 2.24) is 20.1 Å². The molecule has 0 aromatic carbocycles. The molecular formula is C13H19N5O. The summed E-state index contributed by atoms with van der Waals surface area (Å²) in [5.41, 5.74) is 0.963. The summed E-state index contributed by atoms with van der Waals surface area (Å²) >= 11 is 0. The lowest BCUT2D eigenvalue weighted by Gasteiger charge is -2.18. The van der Waals surface area contributed by atoms with Crippen molar-refractivity contribution in [2.24, 2.45) is 0 Å². The standard InChI is InChI=1S/C13H19N5O/c1-8(2)13-14-9(3)6-12(16-13)18(5)7-11-15-10(4)19-17-11/h6,8H,7H2,1-5H3. The van der Waals surface area contributed by atoms with Crippen LogP contribution in [0.25, 0.3) is 0 Å². The van der Waals surface area contributed by atoms with Gasteiger partial charge in [-0.25, -0.2) is 9.97 Å².